The van der Waals surface area contributed by atoms with Crippen LogP contribution in [-0.4, -0.2) is 25.7 Å². The van der Waals surface area contributed by atoms with E-state index in [1.807, 2.05) is 0 Å². The van der Waals surface area contributed by atoms with Crippen LogP contribution in [0.15, 0.2) is 49.1 Å². The highest BCUT2D eigenvalue weighted by molar-refractivity contribution is 6.33. The number of aromatic nitrogens is 4. The predicted molar refractivity (Wildman–Crippen MR) is 83.6 cm³/mol. The molecule has 1 amide bonds. The number of rotatable bonds is 3. The monoisotopic (exact) mass is 333 g/mol. The van der Waals surface area contributed by atoms with Crippen LogP contribution in [-0.2, 0) is 0 Å². The molecule has 0 unspecified atom stereocenters. The van der Waals surface area contributed by atoms with Crippen LogP contribution in [0.4, 0.5) is 5.69 Å². The molecule has 0 spiro atoms. The molecular weight excluding hydrogens is 325 g/mol. The van der Waals surface area contributed by atoms with E-state index in [9.17, 15) is 4.79 Å². The zero-order valence-corrected chi connectivity index (χ0v) is 12.6. The highest BCUT2D eigenvalue weighted by Crippen LogP contribution is 2.22. The van der Waals surface area contributed by atoms with E-state index >= 15 is 0 Å². The van der Waals surface area contributed by atoms with Crippen molar-refractivity contribution >= 4 is 34.8 Å². The second-order valence-corrected chi connectivity index (χ2v) is 5.10. The summed E-state index contributed by atoms with van der Waals surface area (Å²) in [6.45, 7) is 0. The molecule has 3 rings (SSSR count). The van der Waals surface area contributed by atoms with Crippen molar-refractivity contribution in [2.24, 2.45) is 0 Å². The Morgan fingerprint density at radius 1 is 1.23 bits per heavy atom. The van der Waals surface area contributed by atoms with Crippen molar-refractivity contribution in [2.45, 2.75) is 0 Å². The van der Waals surface area contributed by atoms with Crippen molar-refractivity contribution < 1.29 is 4.79 Å². The Labute approximate surface area is 135 Å². The van der Waals surface area contributed by atoms with Crippen LogP contribution in [0.1, 0.15) is 10.4 Å². The molecule has 0 atom stereocenters. The molecule has 110 valence electrons. The molecular formula is C14H9Cl2N5O. The molecule has 0 aliphatic rings. The van der Waals surface area contributed by atoms with Gasteiger partial charge in [-0.05, 0) is 18.2 Å². The Hall–Kier alpha value is -2.44. The summed E-state index contributed by atoms with van der Waals surface area (Å²) in [5.74, 6) is 0.163. The van der Waals surface area contributed by atoms with Crippen LogP contribution in [0.3, 0.4) is 0 Å². The van der Waals surface area contributed by atoms with Crippen LogP contribution in [0, 0.1) is 0 Å². The Bertz CT molecular complexity index is 819. The third kappa shape index (κ3) is 3.08. The summed E-state index contributed by atoms with van der Waals surface area (Å²) in [4.78, 5) is 20.2. The number of hydrogen-bond acceptors (Lipinski definition) is 4. The number of nitrogens with zero attached hydrogens (tertiary/aromatic N) is 4. The molecule has 22 heavy (non-hydrogen) atoms. The molecule has 0 saturated carbocycles. The van der Waals surface area contributed by atoms with Gasteiger partial charge in [-0.15, -0.1) is 0 Å². The third-order valence-electron chi connectivity index (χ3n) is 2.79. The lowest BCUT2D eigenvalue weighted by atomic mass is 10.2. The molecule has 0 saturated heterocycles. The summed E-state index contributed by atoms with van der Waals surface area (Å²) in [7, 11) is 0. The van der Waals surface area contributed by atoms with Gasteiger partial charge in [0.1, 0.15) is 0 Å². The average Bonchev–Trinajstić information content (AvgIpc) is 2.89. The van der Waals surface area contributed by atoms with Crippen LogP contribution in [0.5, 0.6) is 0 Å². The minimum Gasteiger partial charge on any atom is -0.318 e. The summed E-state index contributed by atoms with van der Waals surface area (Å²) in [6, 6.07) is 6.61. The van der Waals surface area contributed by atoms with Crippen LogP contribution in [0.2, 0.25) is 10.2 Å². The molecule has 0 aliphatic carbocycles. The minimum absolute atomic E-state index is 0.154. The number of nitrogens with one attached hydrogen (secondary N) is 1. The molecule has 1 N–H and O–H groups in total. The standard InChI is InChI=1S/C14H9Cl2N5O/c15-10-3-1-2-9(6-10)14(22)19-11-8-21(20-13(11)16)12-7-17-4-5-18-12/h1-8H,(H,19,22). The van der Waals surface area contributed by atoms with Gasteiger partial charge in [0.2, 0.25) is 0 Å². The van der Waals surface area contributed by atoms with Gasteiger partial charge in [0.15, 0.2) is 11.0 Å². The molecule has 0 radical (unpaired) electrons. The first-order valence-electron chi connectivity index (χ1n) is 6.22. The van der Waals surface area contributed by atoms with Crippen molar-refractivity contribution in [1.29, 1.82) is 0 Å². The summed E-state index contributed by atoms with van der Waals surface area (Å²) in [6.07, 6.45) is 6.19. The van der Waals surface area contributed by atoms with Crippen LogP contribution >= 0.6 is 23.2 Å². The van der Waals surface area contributed by atoms with E-state index in [0.717, 1.165) is 0 Å². The fraction of sp³-hybridized carbons (Fsp3) is 0. The maximum atomic E-state index is 12.2. The van der Waals surface area contributed by atoms with Gasteiger partial charge < -0.3 is 5.32 Å². The van der Waals surface area contributed by atoms with E-state index in [-0.39, 0.29) is 11.1 Å². The Morgan fingerprint density at radius 3 is 2.82 bits per heavy atom. The first-order valence-corrected chi connectivity index (χ1v) is 6.97. The smallest absolute Gasteiger partial charge is 0.255 e. The third-order valence-corrected chi connectivity index (χ3v) is 3.30. The molecule has 2 aromatic heterocycles. The maximum Gasteiger partial charge on any atom is 0.255 e. The fourth-order valence-corrected chi connectivity index (χ4v) is 2.16. The van der Waals surface area contributed by atoms with Gasteiger partial charge in [-0.3, -0.25) is 9.78 Å². The zero-order chi connectivity index (χ0) is 15.5. The van der Waals surface area contributed by atoms with Gasteiger partial charge in [-0.2, -0.15) is 5.10 Å². The van der Waals surface area contributed by atoms with Crippen molar-refractivity contribution in [3.05, 3.63) is 64.8 Å². The number of halogens is 2. The Morgan fingerprint density at radius 2 is 2.09 bits per heavy atom. The average molecular weight is 334 g/mol. The first kappa shape index (κ1) is 14.5. The zero-order valence-electron chi connectivity index (χ0n) is 11.1. The van der Waals surface area contributed by atoms with Gasteiger partial charge in [0.05, 0.1) is 18.1 Å². The highest BCUT2D eigenvalue weighted by atomic mass is 35.5. The fourth-order valence-electron chi connectivity index (χ4n) is 1.79. The van der Waals surface area contributed by atoms with E-state index in [4.69, 9.17) is 23.2 Å². The van der Waals surface area contributed by atoms with Crippen molar-refractivity contribution in [3.63, 3.8) is 0 Å². The summed E-state index contributed by atoms with van der Waals surface area (Å²) in [5.41, 5.74) is 0.799. The van der Waals surface area contributed by atoms with E-state index in [0.29, 0.717) is 22.1 Å². The van der Waals surface area contributed by atoms with Crippen molar-refractivity contribution in [3.8, 4) is 5.82 Å². The van der Waals surface area contributed by atoms with Gasteiger partial charge >= 0.3 is 0 Å². The van der Waals surface area contributed by atoms with Gasteiger partial charge in [0, 0.05) is 23.0 Å². The number of carbonyl (C=O) groups is 1. The van der Waals surface area contributed by atoms with Crippen molar-refractivity contribution in [2.75, 3.05) is 5.32 Å². The predicted octanol–water partition coefficient (Wildman–Crippen LogP) is 3.22. The maximum absolute atomic E-state index is 12.2. The topological polar surface area (TPSA) is 72.7 Å². The molecule has 0 bridgehead atoms. The summed E-state index contributed by atoms with van der Waals surface area (Å²) in [5, 5.41) is 7.40. The lowest BCUT2D eigenvalue weighted by Gasteiger charge is -2.03. The minimum atomic E-state index is -0.330. The number of carbonyl (C=O) groups excluding carboxylic acids is 1. The first-order chi connectivity index (χ1) is 10.6. The Balaban J connectivity index is 1.84. The number of anilines is 1. The summed E-state index contributed by atoms with van der Waals surface area (Å²) >= 11 is 11.9. The quantitative estimate of drug-likeness (QED) is 0.798. The highest BCUT2D eigenvalue weighted by Gasteiger charge is 2.13. The SMILES string of the molecule is O=C(Nc1cn(-c2cnccn2)nc1Cl)c1cccc(Cl)c1. The van der Waals surface area contributed by atoms with E-state index in [1.54, 1.807) is 36.7 Å². The largest absolute Gasteiger partial charge is 0.318 e. The van der Waals surface area contributed by atoms with E-state index in [2.05, 4.69) is 20.4 Å². The lowest BCUT2D eigenvalue weighted by Crippen LogP contribution is -2.11. The molecule has 6 nitrogen and oxygen atoms in total. The number of benzene rings is 1. The van der Waals surface area contributed by atoms with Gasteiger partial charge in [-0.1, -0.05) is 29.3 Å². The number of hydrogen-bond donors (Lipinski definition) is 1. The van der Waals surface area contributed by atoms with Crippen molar-refractivity contribution in [1.82, 2.24) is 19.7 Å². The molecule has 3 aromatic rings. The molecule has 2 heterocycles. The lowest BCUT2D eigenvalue weighted by molar-refractivity contribution is 0.102. The van der Waals surface area contributed by atoms with Gasteiger partial charge in [-0.25, -0.2) is 9.67 Å². The second kappa shape index (κ2) is 6.13. The number of amides is 1. The summed E-state index contributed by atoms with van der Waals surface area (Å²) < 4.78 is 1.43. The van der Waals surface area contributed by atoms with Crippen LogP contribution in [0.25, 0.3) is 5.82 Å². The molecule has 0 fully saturated rings. The molecule has 1 aromatic carbocycles. The normalized spacial score (nSPS) is 10.5. The molecule has 0 aliphatic heterocycles. The van der Waals surface area contributed by atoms with E-state index < -0.39 is 0 Å². The second-order valence-electron chi connectivity index (χ2n) is 4.31. The van der Waals surface area contributed by atoms with Crippen LogP contribution < -0.4 is 5.32 Å². The van der Waals surface area contributed by atoms with E-state index in [1.165, 1.54) is 17.1 Å². The van der Waals surface area contributed by atoms with Gasteiger partial charge in [0.25, 0.3) is 5.91 Å². The molecule has 8 heteroatoms. The Kier molecular flexibility index (Phi) is 4.04.